The Morgan fingerprint density at radius 2 is 1.97 bits per heavy atom. The number of aromatic nitrogens is 2. The first kappa shape index (κ1) is 26.2. The highest BCUT2D eigenvalue weighted by molar-refractivity contribution is 5.97. The zero-order valence-corrected chi connectivity index (χ0v) is 20.8. The molecule has 1 N–H and O–H groups in total. The number of rotatable bonds is 7. The quantitative estimate of drug-likeness (QED) is 0.589. The first-order valence-electron chi connectivity index (χ1n) is 12.2. The molecule has 1 saturated heterocycles. The SMILES string of the molecule is CC(C)(C)Cc1cc(=NC(=O)c2cc(C(F)(F)F)ccc2OCC2CC(=O)C2)n(C[C@H]2CCCO2)[nH]1. The zero-order valence-electron chi connectivity index (χ0n) is 20.8. The van der Waals surface area contributed by atoms with Gasteiger partial charge in [-0.3, -0.25) is 14.3 Å². The Morgan fingerprint density at radius 3 is 2.58 bits per heavy atom. The highest BCUT2D eigenvalue weighted by Crippen LogP contribution is 2.34. The van der Waals surface area contributed by atoms with Gasteiger partial charge in [-0.05, 0) is 42.9 Å². The molecule has 1 aromatic carbocycles. The van der Waals surface area contributed by atoms with E-state index in [2.05, 4.69) is 30.9 Å². The van der Waals surface area contributed by atoms with Gasteiger partial charge in [0.25, 0.3) is 5.91 Å². The molecular formula is C26H32F3N3O4. The van der Waals surface area contributed by atoms with Crippen LogP contribution in [0.5, 0.6) is 5.75 Å². The van der Waals surface area contributed by atoms with Crippen molar-refractivity contribution in [3.05, 3.63) is 46.6 Å². The number of nitrogens with one attached hydrogen (secondary N) is 1. The molecule has 4 rings (SSSR count). The second-order valence-electron chi connectivity index (χ2n) is 10.9. The van der Waals surface area contributed by atoms with Gasteiger partial charge in [0.15, 0.2) is 5.49 Å². The molecule has 2 heterocycles. The van der Waals surface area contributed by atoms with Gasteiger partial charge in [0.1, 0.15) is 11.5 Å². The maximum atomic E-state index is 13.4. The average molecular weight is 508 g/mol. The lowest BCUT2D eigenvalue weighted by Crippen LogP contribution is -2.29. The minimum atomic E-state index is -4.62. The van der Waals surface area contributed by atoms with Crippen LogP contribution in [0.1, 0.15) is 68.1 Å². The van der Waals surface area contributed by atoms with Gasteiger partial charge in [-0.2, -0.15) is 18.2 Å². The second-order valence-corrected chi connectivity index (χ2v) is 10.9. The minimum absolute atomic E-state index is 0.00196. The molecular weight excluding hydrogens is 475 g/mol. The molecule has 2 aromatic rings. The summed E-state index contributed by atoms with van der Waals surface area (Å²) in [5.74, 6) is -0.690. The molecule has 1 atom stereocenters. The van der Waals surface area contributed by atoms with Gasteiger partial charge in [-0.15, -0.1) is 0 Å². The van der Waals surface area contributed by atoms with Crippen molar-refractivity contribution in [3.8, 4) is 5.75 Å². The van der Waals surface area contributed by atoms with Crippen molar-refractivity contribution in [1.29, 1.82) is 0 Å². The summed E-state index contributed by atoms with van der Waals surface area (Å²) >= 11 is 0. The molecule has 36 heavy (non-hydrogen) atoms. The van der Waals surface area contributed by atoms with Gasteiger partial charge in [0.05, 0.1) is 30.4 Å². The van der Waals surface area contributed by atoms with Crippen LogP contribution in [0.25, 0.3) is 0 Å². The summed E-state index contributed by atoms with van der Waals surface area (Å²) < 4.78 is 53.4. The van der Waals surface area contributed by atoms with Crippen LogP contribution < -0.4 is 10.2 Å². The number of ether oxygens (including phenoxy) is 2. The first-order chi connectivity index (χ1) is 16.9. The van der Waals surface area contributed by atoms with Crippen molar-refractivity contribution in [2.75, 3.05) is 13.2 Å². The van der Waals surface area contributed by atoms with E-state index in [0.29, 0.717) is 37.9 Å². The summed E-state index contributed by atoms with van der Waals surface area (Å²) in [6.07, 6.45) is -1.39. The summed E-state index contributed by atoms with van der Waals surface area (Å²) in [7, 11) is 0. The van der Waals surface area contributed by atoms with Crippen LogP contribution in [0.15, 0.2) is 29.3 Å². The van der Waals surface area contributed by atoms with E-state index in [4.69, 9.17) is 9.47 Å². The Labute approximate surface area is 207 Å². The Kier molecular flexibility index (Phi) is 7.45. The van der Waals surface area contributed by atoms with Crippen LogP contribution in [0, 0.1) is 11.3 Å². The smallest absolute Gasteiger partial charge is 0.416 e. The molecule has 1 amide bonds. The van der Waals surface area contributed by atoms with Crippen molar-refractivity contribution < 1.29 is 32.2 Å². The summed E-state index contributed by atoms with van der Waals surface area (Å²) in [5, 5.41) is 3.28. The molecule has 0 radical (unpaired) electrons. The molecule has 2 fully saturated rings. The number of amides is 1. The van der Waals surface area contributed by atoms with Crippen LogP contribution in [-0.2, 0) is 28.7 Å². The Balaban J connectivity index is 1.67. The number of halogens is 3. The number of benzene rings is 1. The van der Waals surface area contributed by atoms with Crippen molar-refractivity contribution in [3.63, 3.8) is 0 Å². The van der Waals surface area contributed by atoms with Gasteiger partial charge in [-0.1, -0.05) is 20.8 Å². The van der Waals surface area contributed by atoms with Crippen LogP contribution in [0.3, 0.4) is 0 Å². The first-order valence-corrected chi connectivity index (χ1v) is 12.2. The lowest BCUT2D eigenvalue weighted by molar-refractivity contribution is -0.137. The lowest BCUT2D eigenvalue weighted by Gasteiger charge is -2.24. The number of carbonyl (C=O) groups excluding carboxylic acids is 2. The zero-order chi connectivity index (χ0) is 26.1. The number of alkyl halides is 3. The van der Waals surface area contributed by atoms with Crippen molar-refractivity contribution in [2.45, 2.75) is 71.7 Å². The molecule has 0 unspecified atom stereocenters. The Bertz CT molecular complexity index is 1180. The maximum absolute atomic E-state index is 13.4. The van der Waals surface area contributed by atoms with Crippen molar-refractivity contribution >= 4 is 11.7 Å². The molecule has 0 spiro atoms. The second kappa shape index (κ2) is 10.2. The third-order valence-corrected chi connectivity index (χ3v) is 6.25. The fraction of sp³-hybridized carbons (Fsp3) is 0.577. The molecule has 7 nitrogen and oxygen atoms in total. The van der Waals surface area contributed by atoms with E-state index in [1.54, 1.807) is 10.7 Å². The summed E-state index contributed by atoms with van der Waals surface area (Å²) in [5.41, 5.74) is -0.0664. The van der Waals surface area contributed by atoms with Crippen LogP contribution in [0.4, 0.5) is 13.2 Å². The number of carbonyl (C=O) groups is 2. The standard InChI is InChI=1S/C26H32F3N3O4/c1-25(2,3)13-18-12-23(32(31-18)14-20-5-4-8-35-20)30-24(34)21-11-17(26(27,28)29)6-7-22(21)36-15-16-9-19(33)10-16/h6-7,11-12,16,20,31H,4-5,8-10,13-15H2,1-3H3/t20-/m1/s1. The molecule has 1 saturated carbocycles. The molecule has 2 aliphatic rings. The normalized spacial score (nSPS) is 19.6. The number of hydrogen-bond donors (Lipinski definition) is 1. The molecule has 196 valence electrons. The van der Waals surface area contributed by atoms with Gasteiger partial charge >= 0.3 is 6.18 Å². The predicted octanol–water partition coefficient (Wildman–Crippen LogP) is 4.70. The summed E-state index contributed by atoms with van der Waals surface area (Å²) in [6, 6.07) is 4.56. The average Bonchev–Trinajstić information content (AvgIpc) is 3.38. The van der Waals surface area contributed by atoms with E-state index in [1.165, 1.54) is 0 Å². The van der Waals surface area contributed by atoms with Gasteiger partial charge < -0.3 is 14.6 Å². The van der Waals surface area contributed by atoms with E-state index in [-0.39, 0.29) is 41.1 Å². The van der Waals surface area contributed by atoms with E-state index < -0.39 is 17.6 Å². The summed E-state index contributed by atoms with van der Waals surface area (Å²) in [6.45, 7) is 7.53. The van der Waals surface area contributed by atoms with Crippen LogP contribution in [0.2, 0.25) is 0 Å². The molecule has 1 aliphatic heterocycles. The Hall–Kier alpha value is -2.88. The highest BCUT2D eigenvalue weighted by Gasteiger charge is 2.33. The Morgan fingerprint density at radius 1 is 1.22 bits per heavy atom. The third kappa shape index (κ3) is 6.66. The van der Waals surface area contributed by atoms with E-state index in [1.807, 2.05) is 0 Å². The monoisotopic (exact) mass is 507 g/mol. The topological polar surface area (TPSA) is 85.7 Å². The third-order valence-electron chi connectivity index (χ3n) is 6.25. The molecule has 0 bridgehead atoms. The fourth-order valence-corrected chi connectivity index (χ4v) is 4.46. The van der Waals surface area contributed by atoms with Gasteiger partial charge in [0.2, 0.25) is 0 Å². The number of hydrogen-bond acceptors (Lipinski definition) is 4. The fourth-order valence-electron chi connectivity index (χ4n) is 4.46. The number of nitrogens with zero attached hydrogens (tertiary/aromatic N) is 2. The number of ketones is 1. The molecule has 1 aliphatic carbocycles. The van der Waals surface area contributed by atoms with Gasteiger partial charge in [-0.25, -0.2) is 0 Å². The van der Waals surface area contributed by atoms with Gasteiger partial charge in [0, 0.05) is 37.1 Å². The van der Waals surface area contributed by atoms with Crippen molar-refractivity contribution in [2.24, 2.45) is 16.3 Å². The highest BCUT2D eigenvalue weighted by atomic mass is 19.4. The number of Topliss-reactive ketones (excluding diaryl/α,β-unsaturated/α-hetero) is 1. The molecule has 1 aromatic heterocycles. The minimum Gasteiger partial charge on any atom is -0.492 e. The number of H-pyrrole nitrogens is 1. The van der Waals surface area contributed by atoms with E-state index in [9.17, 15) is 22.8 Å². The summed E-state index contributed by atoms with van der Waals surface area (Å²) in [4.78, 5) is 28.7. The maximum Gasteiger partial charge on any atom is 0.416 e. The molecule has 10 heteroatoms. The largest absolute Gasteiger partial charge is 0.492 e. The van der Waals surface area contributed by atoms with E-state index in [0.717, 1.165) is 36.7 Å². The lowest BCUT2D eigenvalue weighted by atomic mass is 9.85. The van der Waals surface area contributed by atoms with Crippen LogP contribution >= 0.6 is 0 Å². The van der Waals surface area contributed by atoms with E-state index >= 15 is 0 Å². The number of aromatic amines is 1. The predicted molar refractivity (Wildman–Crippen MR) is 125 cm³/mol. The van der Waals surface area contributed by atoms with Crippen LogP contribution in [-0.4, -0.2) is 40.8 Å². The van der Waals surface area contributed by atoms with Crippen molar-refractivity contribution in [1.82, 2.24) is 9.78 Å².